The number of halogens is 3. The molecule has 172 valence electrons. The fraction of sp³-hybridized carbons (Fsp3) is 0.480. The van der Waals surface area contributed by atoms with E-state index in [1.807, 2.05) is 17.0 Å². The van der Waals surface area contributed by atoms with E-state index in [1.54, 1.807) is 18.2 Å². The Morgan fingerprint density at radius 1 is 1.06 bits per heavy atom. The minimum Gasteiger partial charge on any atom is -0.493 e. The molecule has 0 atom stereocenters. The number of piperidine rings is 1. The first-order chi connectivity index (χ1) is 15.2. The van der Waals surface area contributed by atoms with Gasteiger partial charge in [-0.2, -0.15) is 0 Å². The minimum atomic E-state index is -2.57. The number of hydrogen-bond donors (Lipinski definition) is 0. The number of likely N-dealkylation sites (tertiary alicyclic amines) is 1. The summed E-state index contributed by atoms with van der Waals surface area (Å²) in [6.07, 6.45) is 1.26. The average molecular weight is 447 g/mol. The summed E-state index contributed by atoms with van der Waals surface area (Å²) in [7, 11) is 1.49. The van der Waals surface area contributed by atoms with Gasteiger partial charge in [0.2, 0.25) is 5.92 Å². The second kappa shape index (κ2) is 8.68. The van der Waals surface area contributed by atoms with Crippen LogP contribution in [0.5, 0.6) is 11.5 Å². The van der Waals surface area contributed by atoms with E-state index in [1.165, 1.54) is 19.2 Å². The van der Waals surface area contributed by atoms with Crippen molar-refractivity contribution in [3.05, 3.63) is 59.4 Å². The molecule has 2 aromatic carbocycles. The summed E-state index contributed by atoms with van der Waals surface area (Å²) in [6, 6.07) is 11.6. The molecule has 1 amide bonds. The van der Waals surface area contributed by atoms with Gasteiger partial charge >= 0.3 is 0 Å². The number of nitrogens with zero attached hydrogens (tertiary/aromatic N) is 1. The fourth-order valence-electron chi connectivity index (χ4n) is 4.56. The Balaban J connectivity index is 1.37. The molecule has 1 aliphatic carbocycles. The predicted octanol–water partition coefficient (Wildman–Crippen LogP) is 5.45. The van der Waals surface area contributed by atoms with Crippen LogP contribution in [0.25, 0.3) is 0 Å². The number of alkyl halides is 2. The van der Waals surface area contributed by atoms with E-state index in [0.717, 1.165) is 18.4 Å². The largest absolute Gasteiger partial charge is 0.493 e. The lowest BCUT2D eigenvalue weighted by Gasteiger charge is -2.40. The molecule has 32 heavy (non-hydrogen) atoms. The van der Waals surface area contributed by atoms with E-state index in [4.69, 9.17) is 9.47 Å². The third kappa shape index (κ3) is 4.71. The lowest BCUT2D eigenvalue weighted by Crippen LogP contribution is -2.43. The standard InChI is InChI=1S/C25H28F3NO3/c1-24(19-4-6-20(26)7-5-19)9-11-29(12-10-24)23(30)18-3-8-21(22(13-18)31-2)32-16-17-14-25(27,28)15-17/h3-8,13,17H,9-12,14-16H2,1-2H3. The Morgan fingerprint density at radius 3 is 2.31 bits per heavy atom. The Labute approximate surface area is 186 Å². The van der Waals surface area contributed by atoms with Gasteiger partial charge < -0.3 is 14.4 Å². The molecule has 1 saturated carbocycles. The molecular formula is C25H28F3NO3. The molecule has 1 heterocycles. The fourth-order valence-corrected chi connectivity index (χ4v) is 4.56. The number of rotatable bonds is 6. The van der Waals surface area contributed by atoms with E-state index in [-0.39, 0.29) is 42.5 Å². The van der Waals surface area contributed by atoms with Crippen molar-refractivity contribution in [2.45, 2.75) is 43.9 Å². The quantitative estimate of drug-likeness (QED) is 0.591. The summed E-state index contributed by atoms with van der Waals surface area (Å²) in [5.41, 5.74) is 1.48. The smallest absolute Gasteiger partial charge is 0.253 e. The van der Waals surface area contributed by atoms with E-state index < -0.39 is 5.92 Å². The first kappa shape index (κ1) is 22.5. The van der Waals surface area contributed by atoms with Gasteiger partial charge in [0.15, 0.2) is 11.5 Å². The summed E-state index contributed by atoms with van der Waals surface area (Å²) >= 11 is 0. The van der Waals surface area contributed by atoms with Crippen LogP contribution in [-0.4, -0.2) is 43.5 Å². The Morgan fingerprint density at radius 2 is 1.72 bits per heavy atom. The number of carbonyl (C=O) groups excluding carboxylic acids is 1. The zero-order valence-corrected chi connectivity index (χ0v) is 18.4. The monoisotopic (exact) mass is 447 g/mol. The molecule has 2 aliphatic rings. The van der Waals surface area contributed by atoms with Crippen LogP contribution in [-0.2, 0) is 5.41 Å². The molecule has 1 saturated heterocycles. The van der Waals surface area contributed by atoms with Crippen LogP contribution in [0.4, 0.5) is 13.2 Å². The molecule has 0 spiro atoms. The van der Waals surface area contributed by atoms with Gasteiger partial charge in [0.25, 0.3) is 5.91 Å². The lowest BCUT2D eigenvalue weighted by atomic mass is 9.74. The number of carbonyl (C=O) groups is 1. The molecule has 0 aromatic heterocycles. The van der Waals surface area contributed by atoms with E-state index in [9.17, 15) is 18.0 Å². The van der Waals surface area contributed by atoms with Gasteiger partial charge in [-0.15, -0.1) is 0 Å². The highest BCUT2D eigenvalue weighted by Gasteiger charge is 2.45. The minimum absolute atomic E-state index is 0.0883. The first-order valence-electron chi connectivity index (χ1n) is 10.9. The molecule has 4 rings (SSSR count). The summed E-state index contributed by atoms with van der Waals surface area (Å²) in [6.45, 7) is 3.55. The van der Waals surface area contributed by atoms with Crippen molar-refractivity contribution in [3.63, 3.8) is 0 Å². The Hall–Kier alpha value is -2.70. The molecule has 2 aromatic rings. The van der Waals surface area contributed by atoms with Crippen LogP contribution in [0.2, 0.25) is 0 Å². The zero-order valence-electron chi connectivity index (χ0n) is 18.4. The van der Waals surface area contributed by atoms with Crippen LogP contribution in [0.15, 0.2) is 42.5 Å². The number of amides is 1. The van der Waals surface area contributed by atoms with Crippen molar-refractivity contribution in [2.75, 3.05) is 26.8 Å². The SMILES string of the molecule is COc1cc(C(=O)N2CCC(C)(c3ccc(F)cc3)CC2)ccc1OCC1CC(F)(F)C1. The van der Waals surface area contributed by atoms with Crippen molar-refractivity contribution in [1.82, 2.24) is 4.90 Å². The summed E-state index contributed by atoms with van der Waals surface area (Å²) in [5, 5.41) is 0. The number of methoxy groups -OCH3 is 1. The topological polar surface area (TPSA) is 38.8 Å². The molecular weight excluding hydrogens is 419 g/mol. The second-order valence-corrected chi connectivity index (χ2v) is 9.17. The summed E-state index contributed by atoms with van der Waals surface area (Å²) in [5.74, 6) is -2.22. The van der Waals surface area contributed by atoms with Gasteiger partial charge in [-0.05, 0) is 54.2 Å². The Kier molecular flexibility index (Phi) is 6.10. The van der Waals surface area contributed by atoms with Gasteiger partial charge in [0.05, 0.1) is 13.7 Å². The van der Waals surface area contributed by atoms with Crippen molar-refractivity contribution in [1.29, 1.82) is 0 Å². The highest BCUT2D eigenvalue weighted by molar-refractivity contribution is 5.95. The molecule has 0 N–H and O–H groups in total. The maximum absolute atomic E-state index is 13.3. The Bertz CT molecular complexity index is 961. The second-order valence-electron chi connectivity index (χ2n) is 9.17. The van der Waals surface area contributed by atoms with Crippen LogP contribution >= 0.6 is 0 Å². The summed E-state index contributed by atoms with van der Waals surface area (Å²) in [4.78, 5) is 14.9. The number of hydrogen-bond acceptors (Lipinski definition) is 3. The summed E-state index contributed by atoms with van der Waals surface area (Å²) < 4.78 is 50.3. The van der Waals surface area contributed by atoms with Crippen LogP contribution in [0, 0.1) is 11.7 Å². The van der Waals surface area contributed by atoms with Crippen molar-refractivity contribution < 1.29 is 27.4 Å². The maximum atomic E-state index is 13.3. The third-order valence-electron chi connectivity index (χ3n) is 6.76. The molecule has 0 radical (unpaired) electrons. The molecule has 1 aliphatic heterocycles. The van der Waals surface area contributed by atoms with Crippen molar-refractivity contribution >= 4 is 5.91 Å². The lowest BCUT2D eigenvalue weighted by molar-refractivity contribution is -0.119. The first-order valence-corrected chi connectivity index (χ1v) is 10.9. The number of benzene rings is 2. The normalized spacial score (nSPS) is 19.8. The molecule has 0 bridgehead atoms. The molecule has 2 fully saturated rings. The van der Waals surface area contributed by atoms with Gasteiger partial charge in [0.1, 0.15) is 5.82 Å². The third-order valence-corrected chi connectivity index (χ3v) is 6.76. The van der Waals surface area contributed by atoms with E-state index in [2.05, 4.69) is 6.92 Å². The highest BCUT2D eigenvalue weighted by atomic mass is 19.3. The van der Waals surface area contributed by atoms with Crippen LogP contribution < -0.4 is 9.47 Å². The predicted molar refractivity (Wildman–Crippen MR) is 115 cm³/mol. The zero-order chi connectivity index (χ0) is 22.9. The number of ether oxygens (including phenoxy) is 2. The van der Waals surface area contributed by atoms with Gasteiger partial charge in [-0.1, -0.05) is 19.1 Å². The molecule has 4 nitrogen and oxygen atoms in total. The van der Waals surface area contributed by atoms with Crippen LogP contribution in [0.1, 0.15) is 48.5 Å². The van der Waals surface area contributed by atoms with Gasteiger partial charge in [-0.3, -0.25) is 4.79 Å². The van der Waals surface area contributed by atoms with Crippen LogP contribution in [0.3, 0.4) is 0 Å². The van der Waals surface area contributed by atoms with Gasteiger partial charge in [0, 0.05) is 37.4 Å². The van der Waals surface area contributed by atoms with Gasteiger partial charge in [-0.25, -0.2) is 13.2 Å². The van der Waals surface area contributed by atoms with Crippen molar-refractivity contribution in [3.8, 4) is 11.5 Å². The molecule has 0 unspecified atom stereocenters. The maximum Gasteiger partial charge on any atom is 0.253 e. The van der Waals surface area contributed by atoms with Crippen molar-refractivity contribution in [2.24, 2.45) is 5.92 Å². The molecule has 7 heteroatoms. The van der Waals surface area contributed by atoms with E-state index >= 15 is 0 Å². The van der Waals surface area contributed by atoms with E-state index in [0.29, 0.717) is 30.2 Å². The highest BCUT2D eigenvalue weighted by Crippen LogP contribution is 2.43. The average Bonchev–Trinajstić information content (AvgIpc) is 2.76.